The van der Waals surface area contributed by atoms with Crippen molar-refractivity contribution in [2.75, 3.05) is 11.9 Å². The Kier molecular flexibility index (Phi) is 2.23. The van der Waals surface area contributed by atoms with Gasteiger partial charge in [0, 0.05) is 32.0 Å². The van der Waals surface area contributed by atoms with E-state index in [4.69, 9.17) is 0 Å². The zero-order valence-corrected chi connectivity index (χ0v) is 9.65. The minimum Gasteiger partial charge on any atom is -0.300 e. The number of aromatic nitrogens is 2. The highest BCUT2D eigenvalue weighted by Crippen LogP contribution is 2.37. The first kappa shape index (κ1) is 9.87. The van der Waals surface area contributed by atoms with Crippen LogP contribution in [0.4, 0.5) is 5.82 Å². The Morgan fingerprint density at radius 3 is 2.88 bits per heavy atom. The van der Waals surface area contributed by atoms with Gasteiger partial charge in [0.15, 0.2) is 0 Å². The van der Waals surface area contributed by atoms with Crippen molar-refractivity contribution in [2.24, 2.45) is 0 Å². The van der Waals surface area contributed by atoms with Gasteiger partial charge in [-0.05, 0) is 19.3 Å². The van der Waals surface area contributed by atoms with Gasteiger partial charge in [0.1, 0.15) is 5.82 Å². The second kappa shape index (κ2) is 3.61. The molecule has 4 heteroatoms. The van der Waals surface area contributed by atoms with Crippen LogP contribution in [0.3, 0.4) is 0 Å². The number of hydrogen-bond acceptors (Lipinski definition) is 2. The van der Waals surface area contributed by atoms with Crippen molar-refractivity contribution in [1.29, 1.82) is 0 Å². The monoisotopic (exact) mass is 219 g/mol. The molecule has 0 atom stereocenters. The normalized spacial score (nSPS) is 21.6. The van der Waals surface area contributed by atoms with Gasteiger partial charge in [0.25, 0.3) is 0 Å². The van der Waals surface area contributed by atoms with Crippen LogP contribution in [0, 0.1) is 0 Å². The molecular weight excluding hydrogens is 202 g/mol. The third kappa shape index (κ3) is 1.44. The van der Waals surface area contributed by atoms with E-state index in [1.54, 1.807) is 4.90 Å². The fourth-order valence-corrected chi connectivity index (χ4v) is 2.44. The summed E-state index contributed by atoms with van der Waals surface area (Å²) in [6.07, 6.45) is 5.38. The van der Waals surface area contributed by atoms with Crippen LogP contribution >= 0.6 is 0 Å². The molecule has 2 heterocycles. The summed E-state index contributed by atoms with van der Waals surface area (Å²) in [5.41, 5.74) is 1.18. The lowest BCUT2D eigenvalue weighted by Crippen LogP contribution is -2.25. The number of rotatable bonds is 1. The van der Waals surface area contributed by atoms with Crippen molar-refractivity contribution in [1.82, 2.24) is 9.78 Å². The minimum absolute atomic E-state index is 0.207. The van der Waals surface area contributed by atoms with Crippen molar-refractivity contribution in [2.45, 2.75) is 44.6 Å². The number of anilines is 1. The van der Waals surface area contributed by atoms with Gasteiger partial charge in [0.05, 0.1) is 5.69 Å². The number of aryl methyl sites for hydroxylation is 1. The molecule has 0 radical (unpaired) electrons. The van der Waals surface area contributed by atoms with Gasteiger partial charge < -0.3 is 4.90 Å². The molecule has 1 aromatic rings. The summed E-state index contributed by atoms with van der Waals surface area (Å²) in [7, 11) is 1.85. The molecule has 1 amide bonds. The van der Waals surface area contributed by atoms with Gasteiger partial charge in [-0.1, -0.05) is 6.42 Å². The van der Waals surface area contributed by atoms with E-state index in [0.717, 1.165) is 18.8 Å². The molecule has 86 valence electrons. The summed E-state index contributed by atoms with van der Waals surface area (Å²) in [5.74, 6) is 1.83. The van der Waals surface area contributed by atoms with E-state index < -0.39 is 0 Å². The summed E-state index contributed by atoms with van der Waals surface area (Å²) < 4.78 is 2.00. The Morgan fingerprint density at radius 1 is 1.38 bits per heavy atom. The van der Waals surface area contributed by atoms with E-state index in [1.165, 1.54) is 25.0 Å². The predicted octanol–water partition coefficient (Wildman–Crippen LogP) is 1.91. The van der Waals surface area contributed by atoms with Gasteiger partial charge >= 0.3 is 0 Å². The summed E-state index contributed by atoms with van der Waals surface area (Å²) in [4.78, 5) is 13.5. The second-order valence-electron chi connectivity index (χ2n) is 4.83. The lowest BCUT2D eigenvalue weighted by Gasteiger charge is -2.22. The molecule has 1 aliphatic carbocycles. The smallest absolute Gasteiger partial charge is 0.227 e. The predicted molar refractivity (Wildman–Crippen MR) is 61.5 cm³/mol. The Bertz CT molecular complexity index is 420. The molecule has 2 aliphatic rings. The van der Waals surface area contributed by atoms with Crippen LogP contribution in [0.5, 0.6) is 0 Å². The van der Waals surface area contributed by atoms with E-state index in [-0.39, 0.29) is 5.91 Å². The maximum atomic E-state index is 11.7. The molecule has 0 saturated heterocycles. The number of amides is 1. The third-order valence-corrected chi connectivity index (χ3v) is 3.78. The highest BCUT2D eigenvalue weighted by molar-refractivity contribution is 5.92. The number of nitrogens with zero attached hydrogens (tertiary/aromatic N) is 3. The first-order valence-corrected chi connectivity index (χ1v) is 6.10. The molecule has 1 aliphatic heterocycles. The first-order chi connectivity index (χ1) is 7.75. The van der Waals surface area contributed by atoms with Gasteiger partial charge in [-0.3, -0.25) is 4.79 Å². The lowest BCUT2D eigenvalue weighted by atomic mass is 9.83. The van der Waals surface area contributed by atoms with Crippen molar-refractivity contribution in [3.05, 3.63) is 11.8 Å². The van der Waals surface area contributed by atoms with Gasteiger partial charge in [-0.15, -0.1) is 0 Å². The topological polar surface area (TPSA) is 38.1 Å². The number of fused-ring (bicyclic) bond motifs is 1. The quantitative estimate of drug-likeness (QED) is 0.723. The Morgan fingerprint density at radius 2 is 2.19 bits per heavy atom. The van der Waals surface area contributed by atoms with Crippen LogP contribution in [0.2, 0.25) is 0 Å². The summed E-state index contributed by atoms with van der Waals surface area (Å²) in [6.45, 7) is 0.873. The summed E-state index contributed by atoms with van der Waals surface area (Å²) >= 11 is 0. The van der Waals surface area contributed by atoms with Gasteiger partial charge in [-0.25, -0.2) is 4.68 Å². The number of hydrogen-bond donors (Lipinski definition) is 0. The second-order valence-corrected chi connectivity index (χ2v) is 4.83. The molecule has 4 nitrogen and oxygen atoms in total. The SMILES string of the molecule is CN1C(=O)CCCn2nc(C3CCC3)cc21. The maximum Gasteiger partial charge on any atom is 0.227 e. The van der Waals surface area contributed by atoms with E-state index in [2.05, 4.69) is 11.2 Å². The van der Waals surface area contributed by atoms with Crippen LogP contribution < -0.4 is 4.90 Å². The lowest BCUT2D eigenvalue weighted by molar-refractivity contribution is -0.118. The summed E-state index contributed by atoms with van der Waals surface area (Å²) in [5, 5.41) is 4.64. The Labute approximate surface area is 95.2 Å². The van der Waals surface area contributed by atoms with Gasteiger partial charge in [0.2, 0.25) is 5.91 Å². The van der Waals surface area contributed by atoms with Crippen LogP contribution in [-0.4, -0.2) is 22.7 Å². The average molecular weight is 219 g/mol. The van der Waals surface area contributed by atoms with Crippen molar-refractivity contribution >= 4 is 11.7 Å². The molecule has 1 saturated carbocycles. The van der Waals surface area contributed by atoms with Crippen molar-refractivity contribution in [3.8, 4) is 0 Å². The van der Waals surface area contributed by atoms with E-state index in [0.29, 0.717) is 12.3 Å². The van der Waals surface area contributed by atoms with Crippen LogP contribution in [0.15, 0.2) is 6.07 Å². The molecule has 0 aromatic carbocycles. The highest BCUT2D eigenvalue weighted by atomic mass is 16.2. The minimum atomic E-state index is 0.207. The Balaban J connectivity index is 1.95. The molecule has 0 N–H and O–H groups in total. The van der Waals surface area contributed by atoms with Crippen molar-refractivity contribution < 1.29 is 4.79 Å². The van der Waals surface area contributed by atoms with Crippen LogP contribution in [-0.2, 0) is 11.3 Å². The number of carbonyl (C=O) groups is 1. The van der Waals surface area contributed by atoms with Gasteiger partial charge in [-0.2, -0.15) is 5.10 Å². The highest BCUT2D eigenvalue weighted by Gasteiger charge is 2.26. The van der Waals surface area contributed by atoms with Crippen LogP contribution in [0.25, 0.3) is 0 Å². The fourth-order valence-electron chi connectivity index (χ4n) is 2.44. The average Bonchev–Trinajstić information content (AvgIpc) is 2.53. The van der Waals surface area contributed by atoms with E-state index in [9.17, 15) is 4.79 Å². The zero-order valence-electron chi connectivity index (χ0n) is 9.65. The molecule has 3 rings (SSSR count). The molecule has 0 unspecified atom stereocenters. The fraction of sp³-hybridized carbons (Fsp3) is 0.667. The molecule has 0 bridgehead atoms. The molecule has 16 heavy (non-hydrogen) atoms. The summed E-state index contributed by atoms with van der Waals surface area (Å²) in [6, 6.07) is 2.10. The molecule has 0 spiro atoms. The zero-order chi connectivity index (χ0) is 11.1. The van der Waals surface area contributed by atoms with Crippen LogP contribution in [0.1, 0.15) is 43.7 Å². The molecular formula is C12H17N3O. The van der Waals surface area contributed by atoms with E-state index in [1.807, 2.05) is 11.7 Å². The molecule has 1 aromatic heterocycles. The third-order valence-electron chi connectivity index (χ3n) is 3.78. The first-order valence-electron chi connectivity index (χ1n) is 6.10. The maximum absolute atomic E-state index is 11.7. The number of carbonyl (C=O) groups excluding carboxylic acids is 1. The largest absolute Gasteiger partial charge is 0.300 e. The standard InChI is InChI=1S/C12H17N3O/c1-14-11-8-10(9-4-2-5-9)13-15(11)7-3-6-12(14)16/h8-9H,2-7H2,1H3. The molecule has 1 fully saturated rings. The Hall–Kier alpha value is -1.32. The van der Waals surface area contributed by atoms with E-state index >= 15 is 0 Å². The van der Waals surface area contributed by atoms with Crippen molar-refractivity contribution in [3.63, 3.8) is 0 Å².